The van der Waals surface area contributed by atoms with E-state index < -0.39 is 0 Å². The number of nitrogens with two attached hydrogens (primary N) is 1. The molecular formula is C12H18BrN3O. The number of pyridine rings is 1. The van der Waals surface area contributed by atoms with Gasteiger partial charge < -0.3 is 15.4 Å². The number of rotatable bonds is 4. The number of hydrogen-bond acceptors (Lipinski definition) is 4. The van der Waals surface area contributed by atoms with Gasteiger partial charge in [0.05, 0.1) is 11.8 Å². The Morgan fingerprint density at radius 2 is 2.47 bits per heavy atom. The number of nitrogens with zero attached hydrogens (tertiary/aromatic N) is 2. The zero-order valence-corrected chi connectivity index (χ0v) is 11.6. The van der Waals surface area contributed by atoms with Gasteiger partial charge in [-0.05, 0) is 41.8 Å². The third-order valence-electron chi connectivity index (χ3n) is 2.99. The molecule has 0 aromatic carbocycles. The van der Waals surface area contributed by atoms with Gasteiger partial charge in [0.2, 0.25) is 0 Å². The van der Waals surface area contributed by atoms with E-state index in [0.29, 0.717) is 11.8 Å². The van der Waals surface area contributed by atoms with Crippen LogP contribution in [0.3, 0.4) is 0 Å². The molecule has 2 rings (SSSR count). The van der Waals surface area contributed by atoms with E-state index in [1.54, 1.807) is 6.20 Å². The van der Waals surface area contributed by atoms with Gasteiger partial charge in [-0.25, -0.2) is 4.98 Å². The van der Waals surface area contributed by atoms with Crippen LogP contribution in [0, 0.1) is 0 Å². The Morgan fingerprint density at radius 3 is 3.06 bits per heavy atom. The van der Waals surface area contributed by atoms with Crippen molar-refractivity contribution in [2.24, 2.45) is 0 Å². The Bertz CT molecular complexity index is 380. The van der Waals surface area contributed by atoms with Crippen molar-refractivity contribution in [1.82, 2.24) is 4.98 Å². The number of halogens is 1. The van der Waals surface area contributed by atoms with E-state index in [9.17, 15) is 0 Å². The first kappa shape index (κ1) is 12.6. The number of ether oxygens (including phenoxy) is 1. The first-order valence-electron chi connectivity index (χ1n) is 5.98. The van der Waals surface area contributed by atoms with Crippen molar-refractivity contribution in [2.75, 3.05) is 30.3 Å². The molecule has 1 saturated heterocycles. The number of nitrogen functional groups attached to an aromatic ring is 1. The van der Waals surface area contributed by atoms with Gasteiger partial charge in [0, 0.05) is 30.4 Å². The molecule has 0 aliphatic carbocycles. The second-order valence-corrected chi connectivity index (χ2v) is 5.16. The molecule has 2 heterocycles. The molecule has 4 nitrogen and oxygen atoms in total. The number of hydrogen-bond donors (Lipinski definition) is 1. The topological polar surface area (TPSA) is 51.4 Å². The van der Waals surface area contributed by atoms with Crippen molar-refractivity contribution >= 4 is 27.4 Å². The zero-order chi connectivity index (χ0) is 12.3. The van der Waals surface area contributed by atoms with Crippen LogP contribution in [-0.2, 0) is 4.74 Å². The minimum absolute atomic E-state index is 0.319. The molecule has 0 amide bonds. The van der Waals surface area contributed by atoms with Gasteiger partial charge in [0.1, 0.15) is 0 Å². The van der Waals surface area contributed by atoms with Crippen molar-refractivity contribution in [3.8, 4) is 0 Å². The maximum absolute atomic E-state index is 6.00. The quantitative estimate of drug-likeness (QED) is 0.928. The summed E-state index contributed by atoms with van der Waals surface area (Å²) < 4.78 is 6.56. The van der Waals surface area contributed by atoms with E-state index in [4.69, 9.17) is 10.5 Å². The minimum atomic E-state index is 0.319. The molecule has 0 spiro atoms. The summed E-state index contributed by atoms with van der Waals surface area (Å²) in [6.07, 6.45) is 4.39. The summed E-state index contributed by atoms with van der Waals surface area (Å²) in [5.41, 5.74) is 6.70. The molecule has 5 heteroatoms. The second-order valence-electron chi connectivity index (χ2n) is 4.24. The van der Waals surface area contributed by atoms with Gasteiger partial charge in [-0.15, -0.1) is 0 Å². The molecule has 2 N–H and O–H groups in total. The van der Waals surface area contributed by atoms with Crippen molar-refractivity contribution < 1.29 is 4.74 Å². The summed E-state index contributed by atoms with van der Waals surface area (Å²) in [7, 11) is 0. The highest BCUT2D eigenvalue weighted by Crippen LogP contribution is 2.25. The van der Waals surface area contributed by atoms with Crippen LogP contribution in [0.1, 0.15) is 19.8 Å². The molecule has 1 atom stereocenters. The largest absolute Gasteiger partial charge is 0.396 e. The average Bonchev–Trinajstić information content (AvgIpc) is 2.79. The van der Waals surface area contributed by atoms with E-state index in [1.807, 2.05) is 6.07 Å². The lowest BCUT2D eigenvalue weighted by Crippen LogP contribution is -2.33. The Labute approximate surface area is 110 Å². The molecule has 1 aliphatic rings. The van der Waals surface area contributed by atoms with Crippen molar-refractivity contribution in [3.05, 3.63) is 16.7 Å². The fraction of sp³-hybridized carbons (Fsp3) is 0.583. The summed E-state index contributed by atoms with van der Waals surface area (Å²) in [5.74, 6) is 0.853. The molecule has 1 unspecified atom stereocenters. The van der Waals surface area contributed by atoms with E-state index >= 15 is 0 Å². The van der Waals surface area contributed by atoms with Crippen molar-refractivity contribution in [1.29, 1.82) is 0 Å². The predicted molar refractivity (Wildman–Crippen MR) is 73.2 cm³/mol. The molecule has 0 radical (unpaired) electrons. The van der Waals surface area contributed by atoms with E-state index in [0.717, 1.165) is 42.8 Å². The Balaban J connectivity index is 2.10. The highest BCUT2D eigenvalue weighted by Gasteiger charge is 2.20. The fourth-order valence-corrected chi connectivity index (χ4v) is 2.46. The van der Waals surface area contributed by atoms with Gasteiger partial charge in [0.25, 0.3) is 0 Å². The zero-order valence-electron chi connectivity index (χ0n) is 10.0. The Kier molecular flexibility index (Phi) is 4.23. The molecule has 1 aliphatic heterocycles. The predicted octanol–water partition coefficient (Wildman–Crippen LogP) is 2.43. The van der Waals surface area contributed by atoms with Crippen LogP contribution in [0.2, 0.25) is 0 Å². The highest BCUT2D eigenvalue weighted by atomic mass is 79.9. The van der Waals surface area contributed by atoms with Crippen LogP contribution in [0.5, 0.6) is 0 Å². The molecule has 17 heavy (non-hydrogen) atoms. The number of anilines is 2. The maximum atomic E-state index is 6.00. The summed E-state index contributed by atoms with van der Waals surface area (Å²) >= 11 is 3.37. The van der Waals surface area contributed by atoms with Crippen LogP contribution < -0.4 is 10.6 Å². The lowest BCUT2D eigenvalue weighted by molar-refractivity contribution is 0.115. The van der Waals surface area contributed by atoms with Crippen molar-refractivity contribution in [3.63, 3.8) is 0 Å². The molecule has 1 fully saturated rings. The average molecular weight is 300 g/mol. The monoisotopic (exact) mass is 299 g/mol. The highest BCUT2D eigenvalue weighted by molar-refractivity contribution is 9.10. The summed E-state index contributed by atoms with van der Waals surface area (Å²) in [6, 6.07) is 1.89. The Morgan fingerprint density at radius 1 is 1.65 bits per heavy atom. The lowest BCUT2D eigenvalue weighted by Gasteiger charge is -2.26. The third kappa shape index (κ3) is 3.10. The molecule has 0 bridgehead atoms. The maximum Gasteiger partial charge on any atom is 0.151 e. The first-order valence-corrected chi connectivity index (χ1v) is 6.77. The van der Waals surface area contributed by atoms with Crippen molar-refractivity contribution in [2.45, 2.75) is 25.9 Å². The number of likely N-dealkylation sites (N-methyl/N-ethyl adjacent to an activating group) is 1. The molecule has 1 aromatic heterocycles. The Hall–Kier alpha value is -0.810. The normalized spacial score (nSPS) is 19.5. The van der Waals surface area contributed by atoms with Crippen LogP contribution in [0.4, 0.5) is 11.5 Å². The first-order chi connectivity index (χ1) is 8.20. The third-order valence-corrected chi connectivity index (χ3v) is 3.42. The standard InChI is InChI=1S/C12H18BrN3O/c1-2-16(8-10-4-3-5-17-10)12-11(14)6-9(13)7-15-12/h6-7,10H,2-5,8,14H2,1H3. The van der Waals surface area contributed by atoms with Gasteiger partial charge in [-0.3, -0.25) is 0 Å². The van der Waals surface area contributed by atoms with Gasteiger partial charge in [-0.1, -0.05) is 0 Å². The molecular weight excluding hydrogens is 282 g/mol. The lowest BCUT2D eigenvalue weighted by atomic mass is 10.2. The van der Waals surface area contributed by atoms with Gasteiger partial charge in [0.15, 0.2) is 5.82 Å². The fourth-order valence-electron chi connectivity index (χ4n) is 2.11. The second kappa shape index (κ2) is 5.69. The van der Waals surface area contributed by atoms with Gasteiger partial charge in [-0.2, -0.15) is 0 Å². The smallest absolute Gasteiger partial charge is 0.151 e. The molecule has 94 valence electrons. The van der Waals surface area contributed by atoms with E-state index in [-0.39, 0.29) is 0 Å². The number of aromatic nitrogens is 1. The van der Waals surface area contributed by atoms with Crippen LogP contribution in [0.25, 0.3) is 0 Å². The summed E-state index contributed by atoms with van der Waals surface area (Å²) in [4.78, 5) is 6.57. The molecule has 1 aromatic rings. The SMILES string of the molecule is CCN(CC1CCCO1)c1ncc(Br)cc1N. The van der Waals surface area contributed by atoms with Crippen LogP contribution in [-0.4, -0.2) is 30.8 Å². The van der Waals surface area contributed by atoms with Gasteiger partial charge >= 0.3 is 0 Å². The summed E-state index contributed by atoms with van der Waals surface area (Å²) in [6.45, 7) is 4.75. The van der Waals surface area contributed by atoms with Crippen LogP contribution in [0.15, 0.2) is 16.7 Å². The summed E-state index contributed by atoms with van der Waals surface area (Å²) in [5, 5.41) is 0. The molecule has 0 saturated carbocycles. The van der Waals surface area contributed by atoms with E-state index in [1.165, 1.54) is 0 Å². The van der Waals surface area contributed by atoms with Crippen LogP contribution >= 0.6 is 15.9 Å². The van der Waals surface area contributed by atoms with E-state index in [2.05, 4.69) is 32.7 Å². The minimum Gasteiger partial charge on any atom is -0.396 e.